The summed E-state index contributed by atoms with van der Waals surface area (Å²) < 4.78 is 1.89. The van der Waals surface area contributed by atoms with Crippen molar-refractivity contribution in [2.24, 2.45) is 5.73 Å². The number of hydrogen-bond donors (Lipinski definition) is 2. The maximum atomic E-state index is 13.6. The van der Waals surface area contributed by atoms with E-state index in [4.69, 9.17) is 5.73 Å². The molecule has 0 spiro atoms. The Labute approximate surface area is 200 Å². The number of benzene rings is 3. The van der Waals surface area contributed by atoms with Gasteiger partial charge in [0.25, 0.3) is 0 Å². The van der Waals surface area contributed by atoms with E-state index in [1.54, 1.807) is 6.33 Å². The molecule has 1 aliphatic rings. The second kappa shape index (κ2) is 9.35. The van der Waals surface area contributed by atoms with Crippen molar-refractivity contribution in [3.8, 4) is 16.8 Å². The molecule has 1 aromatic heterocycles. The minimum Gasteiger partial charge on any atom is -0.326 e. The Morgan fingerprint density at radius 2 is 1.85 bits per heavy atom. The van der Waals surface area contributed by atoms with Gasteiger partial charge in [-0.1, -0.05) is 60.7 Å². The van der Waals surface area contributed by atoms with E-state index in [2.05, 4.69) is 77.8 Å². The SMILES string of the molecule is CN(C)Cc1ccccc1-c1ccc(C2NCc3ncn(-c4cccc(CN)c4)c3C2=O)cc1. The molecule has 0 amide bonds. The molecule has 0 saturated heterocycles. The molecular weight excluding hydrogens is 422 g/mol. The van der Waals surface area contributed by atoms with E-state index in [-0.39, 0.29) is 5.78 Å². The fourth-order valence-corrected chi connectivity index (χ4v) is 4.64. The lowest BCUT2D eigenvalue weighted by atomic mass is 9.93. The van der Waals surface area contributed by atoms with E-state index in [1.807, 2.05) is 28.8 Å². The molecule has 172 valence electrons. The van der Waals surface area contributed by atoms with Gasteiger partial charge >= 0.3 is 0 Å². The monoisotopic (exact) mass is 451 g/mol. The Morgan fingerprint density at radius 3 is 2.62 bits per heavy atom. The van der Waals surface area contributed by atoms with Gasteiger partial charge < -0.3 is 10.6 Å². The number of aromatic nitrogens is 2. The van der Waals surface area contributed by atoms with Crippen molar-refractivity contribution in [2.45, 2.75) is 25.7 Å². The number of fused-ring (bicyclic) bond motifs is 1. The van der Waals surface area contributed by atoms with E-state index in [1.165, 1.54) is 11.1 Å². The third-order valence-corrected chi connectivity index (χ3v) is 6.30. The third-order valence-electron chi connectivity index (χ3n) is 6.30. The van der Waals surface area contributed by atoms with Crippen molar-refractivity contribution < 1.29 is 4.79 Å². The molecule has 1 aliphatic heterocycles. The topological polar surface area (TPSA) is 76.2 Å². The number of nitrogens with one attached hydrogen (secondary N) is 1. The van der Waals surface area contributed by atoms with Crippen molar-refractivity contribution in [3.05, 3.63) is 107 Å². The first-order valence-corrected chi connectivity index (χ1v) is 11.5. The van der Waals surface area contributed by atoms with Crippen molar-refractivity contribution in [2.75, 3.05) is 14.1 Å². The Bertz CT molecular complexity index is 1320. The summed E-state index contributed by atoms with van der Waals surface area (Å²) in [4.78, 5) is 20.3. The van der Waals surface area contributed by atoms with Crippen LogP contribution in [0.5, 0.6) is 0 Å². The lowest BCUT2D eigenvalue weighted by molar-refractivity contribution is 0.0922. The summed E-state index contributed by atoms with van der Waals surface area (Å²) in [6, 6.07) is 24.3. The molecule has 3 N–H and O–H groups in total. The lowest BCUT2D eigenvalue weighted by Gasteiger charge is -2.24. The fraction of sp³-hybridized carbons (Fsp3) is 0.214. The first-order valence-electron chi connectivity index (χ1n) is 11.5. The molecule has 5 rings (SSSR count). The molecule has 1 unspecified atom stereocenters. The van der Waals surface area contributed by atoms with Crippen LogP contribution in [0, 0.1) is 0 Å². The average molecular weight is 452 g/mol. The first-order chi connectivity index (χ1) is 16.5. The smallest absolute Gasteiger partial charge is 0.202 e. The molecule has 6 nitrogen and oxygen atoms in total. The highest BCUT2D eigenvalue weighted by molar-refractivity contribution is 6.01. The average Bonchev–Trinajstić information content (AvgIpc) is 3.30. The summed E-state index contributed by atoms with van der Waals surface area (Å²) in [6.07, 6.45) is 1.73. The zero-order chi connectivity index (χ0) is 23.7. The molecule has 6 heteroatoms. The van der Waals surface area contributed by atoms with Gasteiger partial charge in [-0.15, -0.1) is 0 Å². The van der Waals surface area contributed by atoms with Gasteiger partial charge in [-0.25, -0.2) is 4.98 Å². The zero-order valence-electron chi connectivity index (χ0n) is 19.5. The molecule has 34 heavy (non-hydrogen) atoms. The summed E-state index contributed by atoms with van der Waals surface area (Å²) in [5, 5.41) is 3.37. The van der Waals surface area contributed by atoms with Crippen LogP contribution in [-0.4, -0.2) is 34.3 Å². The fourth-order valence-electron chi connectivity index (χ4n) is 4.64. The Balaban J connectivity index is 1.44. The van der Waals surface area contributed by atoms with Gasteiger partial charge in [0.05, 0.1) is 11.7 Å². The number of ketones is 1. The molecule has 0 fully saturated rings. The number of nitrogens with zero attached hydrogens (tertiary/aromatic N) is 3. The standard InChI is InChI=1S/C28H29N5O/c1-32(2)17-22-7-3-4-9-24(22)20-10-12-21(13-11-20)26-28(34)27-25(16-30-26)31-18-33(27)23-8-5-6-19(14-23)15-29/h3-14,18,26,30H,15-17,29H2,1-2H3. The highest BCUT2D eigenvalue weighted by Gasteiger charge is 2.32. The number of imidazole rings is 1. The summed E-state index contributed by atoms with van der Waals surface area (Å²) in [5.74, 6) is 0.0256. The van der Waals surface area contributed by atoms with Crippen LogP contribution < -0.4 is 11.1 Å². The number of carbonyl (C=O) groups excluding carboxylic acids is 1. The van der Waals surface area contributed by atoms with Crippen LogP contribution in [0.4, 0.5) is 0 Å². The number of Topliss-reactive ketones (excluding diaryl/α,β-unsaturated/α-hetero) is 1. The molecule has 0 radical (unpaired) electrons. The number of hydrogen-bond acceptors (Lipinski definition) is 5. The quantitative estimate of drug-likeness (QED) is 0.462. The molecule has 1 atom stereocenters. The van der Waals surface area contributed by atoms with Crippen LogP contribution in [0.3, 0.4) is 0 Å². The Kier molecular flexibility index (Phi) is 6.11. The number of nitrogens with two attached hydrogens (primary N) is 1. The highest BCUT2D eigenvalue weighted by atomic mass is 16.1. The van der Waals surface area contributed by atoms with Gasteiger partial charge in [0.15, 0.2) is 0 Å². The molecular formula is C28H29N5O. The van der Waals surface area contributed by atoms with Gasteiger partial charge in [0, 0.05) is 25.3 Å². The summed E-state index contributed by atoms with van der Waals surface area (Å²) in [6.45, 7) is 1.87. The normalized spacial score (nSPS) is 15.5. The lowest BCUT2D eigenvalue weighted by Crippen LogP contribution is -2.35. The van der Waals surface area contributed by atoms with Gasteiger partial charge in [0.1, 0.15) is 12.0 Å². The molecule has 4 aromatic rings. The third kappa shape index (κ3) is 4.19. The minimum atomic E-state index is -0.410. The summed E-state index contributed by atoms with van der Waals surface area (Å²) in [7, 11) is 4.15. The van der Waals surface area contributed by atoms with E-state index in [0.717, 1.165) is 34.6 Å². The molecule has 0 saturated carbocycles. The summed E-state index contributed by atoms with van der Waals surface area (Å²) >= 11 is 0. The van der Waals surface area contributed by atoms with Crippen LogP contribution in [0.1, 0.15) is 38.9 Å². The van der Waals surface area contributed by atoms with Gasteiger partial charge in [-0.3, -0.25) is 14.7 Å². The van der Waals surface area contributed by atoms with Gasteiger partial charge in [0.2, 0.25) is 5.78 Å². The predicted molar refractivity (Wildman–Crippen MR) is 135 cm³/mol. The maximum absolute atomic E-state index is 13.6. The predicted octanol–water partition coefficient (Wildman–Crippen LogP) is 4.09. The molecule has 2 heterocycles. The molecule has 0 aliphatic carbocycles. The Morgan fingerprint density at radius 1 is 1.06 bits per heavy atom. The second-order valence-electron chi connectivity index (χ2n) is 8.98. The van der Waals surface area contributed by atoms with Crippen LogP contribution >= 0.6 is 0 Å². The minimum absolute atomic E-state index is 0.0256. The van der Waals surface area contributed by atoms with E-state index in [0.29, 0.717) is 18.8 Å². The first kappa shape index (κ1) is 22.2. The summed E-state index contributed by atoms with van der Waals surface area (Å²) in [5.41, 5.74) is 13.7. The van der Waals surface area contributed by atoms with Crippen LogP contribution in [0.25, 0.3) is 16.8 Å². The highest BCUT2D eigenvalue weighted by Crippen LogP contribution is 2.30. The number of rotatable bonds is 6. The largest absolute Gasteiger partial charge is 0.326 e. The zero-order valence-corrected chi connectivity index (χ0v) is 19.5. The van der Waals surface area contributed by atoms with Gasteiger partial charge in [-0.2, -0.15) is 0 Å². The van der Waals surface area contributed by atoms with E-state index >= 15 is 0 Å². The Hall–Kier alpha value is -3.58. The van der Waals surface area contributed by atoms with Crippen molar-refractivity contribution >= 4 is 5.78 Å². The van der Waals surface area contributed by atoms with Crippen LogP contribution in [0.2, 0.25) is 0 Å². The van der Waals surface area contributed by atoms with Crippen molar-refractivity contribution in [1.82, 2.24) is 19.8 Å². The van der Waals surface area contributed by atoms with Crippen molar-refractivity contribution in [1.29, 1.82) is 0 Å². The second-order valence-corrected chi connectivity index (χ2v) is 8.98. The van der Waals surface area contributed by atoms with Crippen LogP contribution in [-0.2, 0) is 19.6 Å². The van der Waals surface area contributed by atoms with Crippen LogP contribution in [0.15, 0.2) is 79.1 Å². The van der Waals surface area contributed by atoms with Gasteiger partial charge in [-0.05, 0) is 54.0 Å². The van der Waals surface area contributed by atoms with E-state index < -0.39 is 6.04 Å². The maximum Gasteiger partial charge on any atom is 0.202 e. The number of carbonyl (C=O) groups is 1. The van der Waals surface area contributed by atoms with Crippen molar-refractivity contribution in [3.63, 3.8) is 0 Å². The molecule has 3 aromatic carbocycles. The molecule has 0 bridgehead atoms. The van der Waals surface area contributed by atoms with E-state index in [9.17, 15) is 4.79 Å².